The monoisotopic (exact) mass is 416 g/mol. The molecule has 2 aliphatic rings. The van der Waals surface area contributed by atoms with Crippen molar-refractivity contribution < 1.29 is 0 Å². The average molecular weight is 417 g/mol. The highest BCUT2D eigenvalue weighted by Crippen LogP contribution is 2.50. The van der Waals surface area contributed by atoms with Gasteiger partial charge in [-0.05, 0) is 43.4 Å². The van der Waals surface area contributed by atoms with Crippen molar-refractivity contribution in [2.45, 2.75) is 62.4 Å². The highest BCUT2D eigenvalue weighted by molar-refractivity contribution is 7.99. The zero-order valence-electron chi connectivity index (χ0n) is 17.6. The maximum absolute atomic E-state index is 14.1. The number of rotatable bonds is 5. The van der Waals surface area contributed by atoms with Gasteiger partial charge in [-0.25, -0.2) is 4.98 Å². The summed E-state index contributed by atoms with van der Waals surface area (Å²) in [7, 11) is 0. The summed E-state index contributed by atoms with van der Waals surface area (Å²) in [6, 6.07) is 18.6. The zero-order chi connectivity index (χ0) is 20.6. The fourth-order valence-corrected chi connectivity index (χ4v) is 6.31. The van der Waals surface area contributed by atoms with Crippen LogP contribution in [0.1, 0.15) is 56.6 Å². The van der Waals surface area contributed by atoms with Gasteiger partial charge in [0.05, 0.1) is 16.9 Å². The number of hydrogen-bond acceptors (Lipinski definition) is 3. The molecule has 1 heterocycles. The molecule has 0 amide bonds. The van der Waals surface area contributed by atoms with E-state index in [1.54, 1.807) is 11.8 Å². The van der Waals surface area contributed by atoms with E-state index in [1.165, 1.54) is 18.4 Å². The van der Waals surface area contributed by atoms with Crippen LogP contribution in [-0.2, 0) is 11.8 Å². The van der Waals surface area contributed by atoms with Crippen molar-refractivity contribution >= 4 is 11.8 Å². The summed E-state index contributed by atoms with van der Waals surface area (Å²) in [5.41, 5.74) is 5.40. The van der Waals surface area contributed by atoms with Crippen LogP contribution in [0.25, 0.3) is 16.9 Å². The van der Waals surface area contributed by atoms with Gasteiger partial charge >= 0.3 is 0 Å². The van der Waals surface area contributed by atoms with Crippen LogP contribution >= 0.6 is 11.8 Å². The van der Waals surface area contributed by atoms with Gasteiger partial charge in [-0.2, -0.15) is 0 Å². The van der Waals surface area contributed by atoms with E-state index >= 15 is 0 Å². The van der Waals surface area contributed by atoms with Crippen molar-refractivity contribution in [3.8, 4) is 16.9 Å². The van der Waals surface area contributed by atoms with Crippen LogP contribution in [0.4, 0.5) is 0 Å². The Hall–Kier alpha value is -2.33. The SMILES string of the molecule is CCCCSc1nc2c(c(=O)n1-c1ccccc1)C1(CCCC1)Cc1ccccc1-2. The Morgan fingerprint density at radius 1 is 1.03 bits per heavy atom. The molecule has 0 radical (unpaired) electrons. The van der Waals surface area contributed by atoms with Gasteiger partial charge in [-0.3, -0.25) is 9.36 Å². The van der Waals surface area contributed by atoms with E-state index in [1.807, 2.05) is 34.9 Å². The standard InChI is InChI=1S/C26H28N2OS/c1-2-3-17-30-25-27-23-21-14-8-7-11-19(21)18-26(15-9-10-16-26)22(23)24(29)28(25)20-12-5-4-6-13-20/h4-8,11-14H,2-3,9-10,15-18H2,1H3. The highest BCUT2D eigenvalue weighted by atomic mass is 32.2. The van der Waals surface area contributed by atoms with E-state index in [-0.39, 0.29) is 11.0 Å². The second-order valence-electron chi connectivity index (χ2n) is 8.62. The van der Waals surface area contributed by atoms with E-state index < -0.39 is 0 Å². The second kappa shape index (κ2) is 8.07. The third kappa shape index (κ3) is 3.22. The van der Waals surface area contributed by atoms with Crippen LogP contribution in [0, 0.1) is 0 Å². The van der Waals surface area contributed by atoms with Gasteiger partial charge < -0.3 is 0 Å². The summed E-state index contributed by atoms with van der Waals surface area (Å²) in [6.45, 7) is 2.20. The fourth-order valence-electron chi connectivity index (χ4n) is 5.22. The molecule has 0 unspecified atom stereocenters. The molecule has 154 valence electrons. The second-order valence-corrected chi connectivity index (χ2v) is 9.68. The Balaban J connectivity index is 1.79. The summed E-state index contributed by atoms with van der Waals surface area (Å²) < 4.78 is 1.88. The summed E-state index contributed by atoms with van der Waals surface area (Å²) in [5.74, 6) is 0.974. The summed E-state index contributed by atoms with van der Waals surface area (Å²) in [4.78, 5) is 19.4. The van der Waals surface area contributed by atoms with E-state index in [9.17, 15) is 4.79 Å². The molecular formula is C26H28N2OS. The Morgan fingerprint density at radius 3 is 2.53 bits per heavy atom. The fraction of sp³-hybridized carbons (Fsp3) is 0.385. The number of aromatic nitrogens is 2. The molecule has 3 nitrogen and oxygen atoms in total. The van der Waals surface area contributed by atoms with E-state index in [0.29, 0.717) is 0 Å². The van der Waals surface area contributed by atoms with Gasteiger partial charge in [-0.15, -0.1) is 0 Å². The lowest BCUT2D eigenvalue weighted by Crippen LogP contribution is -2.40. The minimum Gasteiger partial charge on any atom is -0.268 e. The Kier molecular flexibility index (Phi) is 5.28. The number of benzene rings is 2. The van der Waals surface area contributed by atoms with Gasteiger partial charge in [0, 0.05) is 16.7 Å². The molecule has 0 atom stereocenters. The van der Waals surface area contributed by atoms with Crippen LogP contribution < -0.4 is 5.56 Å². The maximum Gasteiger partial charge on any atom is 0.263 e. The topological polar surface area (TPSA) is 34.9 Å². The van der Waals surface area contributed by atoms with Crippen LogP contribution in [0.3, 0.4) is 0 Å². The van der Waals surface area contributed by atoms with Crippen LogP contribution in [0.15, 0.2) is 64.5 Å². The Labute approximate surface area is 182 Å². The van der Waals surface area contributed by atoms with Gasteiger partial charge in [0.25, 0.3) is 5.56 Å². The molecule has 2 aromatic carbocycles. The minimum absolute atomic E-state index is 0.0586. The predicted molar refractivity (Wildman–Crippen MR) is 125 cm³/mol. The molecule has 0 N–H and O–H groups in total. The molecule has 1 fully saturated rings. The summed E-state index contributed by atoms with van der Waals surface area (Å²) >= 11 is 1.71. The lowest BCUT2D eigenvalue weighted by Gasteiger charge is -2.36. The van der Waals surface area contributed by atoms with Crippen LogP contribution in [0.5, 0.6) is 0 Å². The molecular weight excluding hydrogens is 388 g/mol. The van der Waals surface area contributed by atoms with Crippen molar-refractivity contribution in [1.82, 2.24) is 9.55 Å². The van der Waals surface area contributed by atoms with E-state index in [0.717, 1.165) is 65.5 Å². The Bertz CT molecular complexity index is 1110. The lowest BCUT2D eigenvalue weighted by atomic mass is 9.68. The summed E-state index contributed by atoms with van der Waals surface area (Å²) in [6.07, 6.45) is 7.78. The minimum atomic E-state index is -0.0586. The number of unbranched alkanes of at least 4 members (excludes halogenated alkanes) is 1. The number of para-hydroxylation sites is 1. The third-order valence-electron chi connectivity index (χ3n) is 6.69. The first kappa shape index (κ1) is 19.6. The Morgan fingerprint density at radius 2 is 1.77 bits per heavy atom. The number of nitrogens with zero attached hydrogens (tertiary/aromatic N) is 2. The van der Waals surface area contributed by atoms with Crippen molar-refractivity contribution in [3.63, 3.8) is 0 Å². The number of thioether (sulfide) groups is 1. The molecule has 0 bridgehead atoms. The highest BCUT2D eigenvalue weighted by Gasteiger charge is 2.44. The first-order valence-electron chi connectivity index (χ1n) is 11.2. The van der Waals surface area contributed by atoms with Crippen molar-refractivity contribution in [3.05, 3.63) is 76.1 Å². The smallest absolute Gasteiger partial charge is 0.263 e. The predicted octanol–water partition coefficient (Wildman–Crippen LogP) is 6.16. The molecule has 3 aromatic rings. The molecule has 2 aliphatic carbocycles. The molecule has 1 aromatic heterocycles. The van der Waals surface area contributed by atoms with Crippen molar-refractivity contribution in [2.75, 3.05) is 5.75 Å². The molecule has 30 heavy (non-hydrogen) atoms. The molecule has 0 aliphatic heterocycles. The van der Waals surface area contributed by atoms with Gasteiger partial charge in [0.2, 0.25) is 0 Å². The maximum atomic E-state index is 14.1. The van der Waals surface area contributed by atoms with Gasteiger partial charge in [0.1, 0.15) is 0 Å². The summed E-state index contributed by atoms with van der Waals surface area (Å²) in [5, 5.41) is 0.822. The largest absolute Gasteiger partial charge is 0.268 e. The quantitative estimate of drug-likeness (QED) is 0.284. The van der Waals surface area contributed by atoms with Crippen molar-refractivity contribution in [2.24, 2.45) is 0 Å². The van der Waals surface area contributed by atoms with E-state index in [4.69, 9.17) is 4.98 Å². The molecule has 0 saturated heterocycles. The lowest BCUT2D eigenvalue weighted by molar-refractivity contribution is 0.422. The number of hydrogen-bond donors (Lipinski definition) is 0. The first-order chi connectivity index (χ1) is 14.7. The van der Waals surface area contributed by atoms with Crippen LogP contribution in [0.2, 0.25) is 0 Å². The van der Waals surface area contributed by atoms with Gasteiger partial charge in [0.15, 0.2) is 5.16 Å². The van der Waals surface area contributed by atoms with E-state index in [2.05, 4.69) is 31.2 Å². The molecule has 4 heteroatoms. The van der Waals surface area contributed by atoms with Gasteiger partial charge in [-0.1, -0.05) is 80.4 Å². The molecule has 1 spiro atoms. The normalized spacial score (nSPS) is 16.4. The third-order valence-corrected chi connectivity index (χ3v) is 7.71. The van der Waals surface area contributed by atoms with Crippen molar-refractivity contribution in [1.29, 1.82) is 0 Å². The molecule has 1 saturated carbocycles. The van der Waals surface area contributed by atoms with Crippen LogP contribution in [-0.4, -0.2) is 15.3 Å². The average Bonchev–Trinajstić information content (AvgIpc) is 3.23. The molecule has 5 rings (SSSR count). The first-order valence-corrected chi connectivity index (χ1v) is 12.2. The zero-order valence-corrected chi connectivity index (χ0v) is 18.4. The number of fused-ring (bicyclic) bond motifs is 4.